The summed E-state index contributed by atoms with van der Waals surface area (Å²) < 4.78 is 31.9. The molecular formula is C13H18ClNO5S. The number of halogens is 1. The molecule has 0 aromatic heterocycles. The first kappa shape index (κ1) is 17.7. The zero-order valence-corrected chi connectivity index (χ0v) is 13.5. The Morgan fingerprint density at radius 1 is 1.48 bits per heavy atom. The maximum Gasteiger partial charge on any atom is 0.322 e. The zero-order chi connectivity index (χ0) is 16.2. The van der Waals surface area contributed by atoms with Crippen LogP contribution in [0.2, 0.25) is 5.02 Å². The van der Waals surface area contributed by atoms with Gasteiger partial charge in [-0.1, -0.05) is 31.9 Å². The maximum atomic E-state index is 12.4. The molecule has 2 N–H and O–H groups in total. The van der Waals surface area contributed by atoms with E-state index < -0.39 is 22.0 Å². The zero-order valence-electron chi connectivity index (χ0n) is 12.0. The lowest BCUT2D eigenvalue weighted by Crippen LogP contribution is -2.44. The summed E-state index contributed by atoms with van der Waals surface area (Å²) in [6.45, 7) is 3.46. The van der Waals surface area contributed by atoms with Crippen molar-refractivity contribution in [3.63, 3.8) is 0 Å². The van der Waals surface area contributed by atoms with Gasteiger partial charge in [0.05, 0.1) is 7.11 Å². The Hall–Kier alpha value is -1.31. The number of carbonyl (C=O) groups is 1. The van der Waals surface area contributed by atoms with Gasteiger partial charge in [0.1, 0.15) is 16.7 Å². The van der Waals surface area contributed by atoms with Crippen LogP contribution in [-0.4, -0.2) is 32.6 Å². The van der Waals surface area contributed by atoms with E-state index in [1.54, 1.807) is 13.8 Å². The molecule has 21 heavy (non-hydrogen) atoms. The van der Waals surface area contributed by atoms with Crippen LogP contribution in [0.4, 0.5) is 0 Å². The molecule has 1 aromatic rings. The van der Waals surface area contributed by atoms with Crippen molar-refractivity contribution < 1.29 is 23.1 Å². The highest BCUT2D eigenvalue weighted by atomic mass is 35.5. The topological polar surface area (TPSA) is 92.7 Å². The van der Waals surface area contributed by atoms with Crippen LogP contribution in [0.15, 0.2) is 23.1 Å². The lowest BCUT2D eigenvalue weighted by atomic mass is 10.0. The molecule has 0 aliphatic rings. The number of aliphatic carboxylic acids is 1. The lowest BCUT2D eigenvalue weighted by Gasteiger charge is -2.20. The van der Waals surface area contributed by atoms with E-state index in [2.05, 4.69) is 4.72 Å². The normalized spacial score (nSPS) is 14.5. The Morgan fingerprint density at radius 3 is 2.57 bits per heavy atom. The van der Waals surface area contributed by atoms with Gasteiger partial charge in [0.15, 0.2) is 0 Å². The number of carboxylic acid groups (broad SMARTS) is 1. The minimum Gasteiger partial charge on any atom is -0.495 e. The van der Waals surface area contributed by atoms with Crippen LogP contribution in [0.3, 0.4) is 0 Å². The number of benzene rings is 1. The van der Waals surface area contributed by atoms with Gasteiger partial charge in [0.25, 0.3) is 0 Å². The van der Waals surface area contributed by atoms with Gasteiger partial charge in [-0.3, -0.25) is 4.79 Å². The van der Waals surface area contributed by atoms with Crippen molar-refractivity contribution in [2.45, 2.75) is 31.2 Å². The summed E-state index contributed by atoms with van der Waals surface area (Å²) in [6, 6.07) is 2.83. The molecule has 2 unspecified atom stereocenters. The third-order valence-electron chi connectivity index (χ3n) is 3.18. The van der Waals surface area contributed by atoms with Crippen LogP contribution < -0.4 is 9.46 Å². The molecule has 0 amide bonds. The Bertz CT molecular complexity index is 617. The molecule has 118 valence electrons. The minimum absolute atomic E-state index is 0.0586. The predicted molar refractivity (Wildman–Crippen MR) is 79.2 cm³/mol. The summed E-state index contributed by atoms with van der Waals surface area (Å²) in [4.78, 5) is 11.1. The second-order valence-corrected chi connectivity index (χ2v) is 6.74. The van der Waals surface area contributed by atoms with Crippen molar-refractivity contribution in [2.24, 2.45) is 5.92 Å². The largest absolute Gasteiger partial charge is 0.495 e. The van der Waals surface area contributed by atoms with E-state index in [9.17, 15) is 18.3 Å². The van der Waals surface area contributed by atoms with E-state index in [0.717, 1.165) is 0 Å². The molecule has 1 rings (SSSR count). The summed E-state index contributed by atoms with van der Waals surface area (Å²) in [6.07, 6.45) is 0.525. The summed E-state index contributed by atoms with van der Waals surface area (Å²) in [5, 5.41) is 9.50. The maximum absolute atomic E-state index is 12.4. The van der Waals surface area contributed by atoms with E-state index in [1.807, 2.05) is 0 Å². The Kier molecular flexibility index (Phi) is 6.00. The molecule has 0 radical (unpaired) electrons. The van der Waals surface area contributed by atoms with Crippen molar-refractivity contribution in [1.29, 1.82) is 0 Å². The number of rotatable bonds is 7. The first-order valence-electron chi connectivity index (χ1n) is 6.31. The number of hydrogen-bond donors (Lipinski definition) is 2. The quantitative estimate of drug-likeness (QED) is 0.796. The molecule has 0 bridgehead atoms. The summed E-state index contributed by atoms with van der Waals surface area (Å²) >= 11 is 5.79. The average Bonchev–Trinajstić information content (AvgIpc) is 2.43. The van der Waals surface area contributed by atoms with E-state index in [1.165, 1.54) is 25.3 Å². The number of sulfonamides is 1. The van der Waals surface area contributed by atoms with Gasteiger partial charge in [0, 0.05) is 11.1 Å². The number of ether oxygens (including phenoxy) is 1. The van der Waals surface area contributed by atoms with Crippen molar-refractivity contribution in [3.8, 4) is 5.75 Å². The summed E-state index contributed by atoms with van der Waals surface area (Å²) in [5.41, 5.74) is 0. The van der Waals surface area contributed by atoms with Gasteiger partial charge in [-0.25, -0.2) is 8.42 Å². The molecule has 0 fully saturated rings. The van der Waals surface area contributed by atoms with Crippen molar-refractivity contribution in [2.75, 3.05) is 7.11 Å². The van der Waals surface area contributed by atoms with E-state index in [4.69, 9.17) is 16.3 Å². The molecule has 0 saturated carbocycles. The van der Waals surface area contributed by atoms with E-state index in [0.29, 0.717) is 11.4 Å². The SMILES string of the molecule is CCC(C)C(NS(=O)(=O)c1ccc(Cl)cc1OC)C(=O)O. The minimum atomic E-state index is -4.03. The highest BCUT2D eigenvalue weighted by Crippen LogP contribution is 2.27. The molecule has 0 saturated heterocycles. The fourth-order valence-electron chi connectivity index (χ4n) is 1.74. The highest BCUT2D eigenvalue weighted by Gasteiger charge is 2.30. The first-order valence-corrected chi connectivity index (χ1v) is 8.17. The summed E-state index contributed by atoms with van der Waals surface area (Å²) in [5.74, 6) is -1.51. The average molecular weight is 336 g/mol. The highest BCUT2D eigenvalue weighted by molar-refractivity contribution is 7.89. The van der Waals surface area contributed by atoms with Crippen molar-refractivity contribution in [1.82, 2.24) is 4.72 Å². The van der Waals surface area contributed by atoms with Crippen LogP contribution in [0, 0.1) is 5.92 Å². The molecule has 0 spiro atoms. The monoisotopic (exact) mass is 335 g/mol. The molecule has 0 aliphatic carbocycles. The van der Waals surface area contributed by atoms with Gasteiger partial charge in [-0.2, -0.15) is 4.72 Å². The molecule has 1 aromatic carbocycles. The molecule has 6 nitrogen and oxygen atoms in total. The second kappa shape index (κ2) is 7.11. The Labute approximate surface area is 129 Å². The Balaban J connectivity index is 3.19. The van der Waals surface area contributed by atoms with E-state index in [-0.39, 0.29) is 16.6 Å². The van der Waals surface area contributed by atoms with Gasteiger partial charge in [-0.15, -0.1) is 0 Å². The van der Waals surface area contributed by atoms with Crippen LogP contribution in [0.1, 0.15) is 20.3 Å². The molecule has 0 aliphatic heterocycles. The van der Waals surface area contributed by atoms with Gasteiger partial charge >= 0.3 is 5.97 Å². The number of methoxy groups -OCH3 is 1. The lowest BCUT2D eigenvalue weighted by molar-refractivity contribution is -0.140. The van der Waals surface area contributed by atoms with Crippen molar-refractivity contribution in [3.05, 3.63) is 23.2 Å². The summed E-state index contributed by atoms with van der Waals surface area (Å²) in [7, 11) is -2.72. The number of nitrogens with one attached hydrogen (secondary N) is 1. The number of hydrogen-bond acceptors (Lipinski definition) is 4. The van der Waals surface area contributed by atoms with Crippen LogP contribution >= 0.6 is 11.6 Å². The van der Waals surface area contributed by atoms with Crippen LogP contribution in [0.25, 0.3) is 0 Å². The van der Waals surface area contributed by atoms with Crippen molar-refractivity contribution >= 4 is 27.6 Å². The predicted octanol–water partition coefficient (Wildman–Crippen LogP) is 2.13. The smallest absolute Gasteiger partial charge is 0.322 e. The molecule has 8 heteroatoms. The van der Waals surface area contributed by atoms with Crippen LogP contribution in [-0.2, 0) is 14.8 Å². The molecule has 2 atom stereocenters. The fraction of sp³-hybridized carbons (Fsp3) is 0.462. The molecular weight excluding hydrogens is 318 g/mol. The number of carboxylic acids is 1. The van der Waals surface area contributed by atoms with Crippen LogP contribution in [0.5, 0.6) is 5.75 Å². The molecule has 0 heterocycles. The van der Waals surface area contributed by atoms with Gasteiger partial charge in [0.2, 0.25) is 10.0 Å². The Morgan fingerprint density at radius 2 is 2.10 bits per heavy atom. The second-order valence-electron chi connectivity index (χ2n) is 4.62. The van der Waals surface area contributed by atoms with Gasteiger partial charge in [-0.05, 0) is 18.1 Å². The standard InChI is InChI=1S/C13H18ClNO5S/c1-4-8(2)12(13(16)17)15-21(18,19)11-6-5-9(14)7-10(11)20-3/h5-8,12,15H,4H2,1-3H3,(H,16,17). The fourth-order valence-corrected chi connectivity index (χ4v) is 3.35. The van der Waals surface area contributed by atoms with E-state index >= 15 is 0 Å². The third-order valence-corrected chi connectivity index (χ3v) is 4.89. The van der Waals surface area contributed by atoms with Gasteiger partial charge < -0.3 is 9.84 Å². The first-order chi connectivity index (χ1) is 9.72. The third kappa shape index (κ3) is 4.33.